The Labute approximate surface area is 225 Å². The van der Waals surface area contributed by atoms with Crippen LogP contribution in [0, 0.1) is 11.3 Å². The number of piperidine rings is 1. The van der Waals surface area contributed by atoms with E-state index in [0.717, 1.165) is 37.1 Å². The predicted octanol–water partition coefficient (Wildman–Crippen LogP) is 4.11. The summed E-state index contributed by atoms with van der Waals surface area (Å²) in [6, 6.07) is 27.8. The van der Waals surface area contributed by atoms with Gasteiger partial charge in [0.1, 0.15) is 0 Å². The lowest BCUT2D eigenvalue weighted by atomic mass is 10.0. The standard InChI is InChI=1S/C30H34N4O3S/c1-24(22-34(29-10-6-3-7-11-29)38(36,37)23-27-8-4-2-5-9-27)33-18-16-28(17-19-33)32-30(35)20-25-12-14-26(21-31)15-13-25/h2-15,24,28H,16-20,22-23H2,1H3,(H,32,35)/t24-/m0/s1. The topological polar surface area (TPSA) is 93.5 Å². The van der Waals surface area contributed by atoms with E-state index in [1.807, 2.05) is 72.8 Å². The van der Waals surface area contributed by atoms with E-state index in [2.05, 4.69) is 23.2 Å². The maximum atomic E-state index is 13.5. The fraction of sp³-hybridized carbons (Fsp3) is 0.333. The lowest BCUT2D eigenvalue weighted by Crippen LogP contribution is -2.51. The zero-order valence-corrected chi connectivity index (χ0v) is 22.5. The Kier molecular flexibility index (Phi) is 9.16. The molecule has 1 aliphatic heterocycles. The van der Waals surface area contributed by atoms with Crippen LogP contribution in [0.5, 0.6) is 0 Å². The molecule has 1 N–H and O–H groups in total. The van der Waals surface area contributed by atoms with E-state index in [1.165, 1.54) is 4.31 Å². The Morgan fingerprint density at radius 1 is 0.974 bits per heavy atom. The zero-order chi connectivity index (χ0) is 27.0. The largest absolute Gasteiger partial charge is 0.353 e. The predicted molar refractivity (Wildman–Crippen MR) is 150 cm³/mol. The minimum atomic E-state index is -3.59. The molecule has 8 heteroatoms. The normalized spacial score (nSPS) is 15.4. The molecular weight excluding hydrogens is 496 g/mol. The van der Waals surface area contributed by atoms with E-state index in [9.17, 15) is 13.2 Å². The highest BCUT2D eigenvalue weighted by Gasteiger charge is 2.29. The van der Waals surface area contributed by atoms with Gasteiger partial charge < -0.3 is 5.32 Å². The third-order valence-electron chi connectivity index (χ3n) is 6.97. The van der Waals surface area contributed by atoms with Crippen LogP contribution in [0.1, 0.15) is 36.5 Å². The summed E-state index contributed by atoms with van der Waals surface area (Å²) in [6.45, 7) is 3.99. The second kappa shape index (κ2) is 12.7. The average molecular weight is 531 g/mol. The van der Waals surface area contributed by atoms with Crippen molar-refractivity contribution in [1.82, 2.24) is 10.2 Å². The average Bonchev–Trinajstić information content (AvgIpc) is 2.93. The molecule has 1 fully saturated rings. The summed E-state index contributed by atoms with van der Waals surface area (Å²) in [4.78, 5) is 14.9. The van der Waals surface area contributed by atoms with E-state index in [4.69, 9.17) is 5.26 Å². The van der Waals surface area contributed by atoms with E-state index < -0.39 is 10.0 Å². The summed E-state index contributed by atoms with van der Waals surface area (Å²) in [5, 5.41) is 12.1. The molecule has 0 aromatic heterocycles. The van der Waals surface area contributed by atoms with Crippen molar-refractivity contribution in [3.8, 4) is 6.07 Å². The van der Waals surface area contributed by atoms with Gasteiger partial charge in [-0.2, -0.15) is 5.26 Å². The first kappa shape index (κ1) is 27.4. The van der Waals surface area contributed by atoms with Crippen LogP contribution in [0.15, 0.2) is 84.9 Å². The molecule has 1 heterocycles. The van der Waals surface area contributed by atoms with Crippen molar-refractivity contribution in [1.29, 1.82) is 5.26 Å². The van der Waals surface area contributed by atoms with Gasteiger partial charge in [0, 0.05) is 31.7 Å². The van der Waals surface area contributed by atoms with Crippen molar-refractivity contribution in [2.24, 2.45) is 0 Å². The van der Waals surface area contributed by atoms with Crippen LogP contribution < -0.4 is 9.62 Å². The number of para-hydroxylation sites is 1. The molecule has 3 aromatic rings. The molecule has 1 amide bonds. The van der Waals surface area contributed by atoms with Gasteiger partial charge in [0.25, 0.3) is 0 Å². The number of likely N-dealkylation sites (tertiary alicyclic amines) is 1. The van der Waals surface area contributed by atoms with Crippen molar-refractivity contribution >= 4 is 21.6 Å². The number of nitrogens with zero attached hydrogens (tertiary/aromatic N) is 3. The van der Waals surface area contributed by atoms with Gasteiger partial charge >= 0.3 is 0 Å². The number of hydrogen-bond donors (Lipinski definition) is 1. The maximum absolute atomic E-state index is 13.5. The van der Waals surface area contributed by atoms with Gasteiger partial charge in [0.15, 0.2) is 0 Å². The molecule has 1 atom stereocenters. The molecule has 198 valence electrons. The van der Waals surface area contributed by atoms with Crippen LogP contribution in [-0.2, 0) is 27.0 Å². The molecule has 0 saturated carbocycles. The van der Waals surface area contributed by atoms with Crippen molar-refractivity contribution in [3.05, 3.63) is 102 Å². The van der Waals surface area contributed by atoms with Crippen LogP contribution >= 0.6 is 0 Å². The monoisotopic (exact) mass is 530 g/mol. The number of benzene rings is 3. The Morgan fingerprint density at radius 3 is 2.18 bits per heavy atom. The number of rotatable bonds is 10. The minimum Gasteiger partial charge on any atom is -0.353 e. The molecule has 38 heavy (non-hydrogen) atoms. The molecule has 4 rings (SSSR count). The highest BCUT2D eigenvalue weighted by atomic mass is 32.2. The number of carbonyl (C=O) groups is 1. The third kappa shape index (κ3) is 7.44. The van der Waals surface area contributed by atoms with Crippen LogP contribution in [0.3, 0.4) is 0 Å². The number of nitriles is 1. The smallest absolute Gasteiger partial charge is 0.239 e. The number of amides is 1. The van der Waals surface area contributed by atoms with Crippen LogP contribution in [0.25, 0.3) is 0 Å². The number of hydrogen-bond acceptors (Lipinski definition) is 5. The molecule has 1 saturated heterocycles. The van der Waals surface area contributed by atoms with Gasteiger partial charge in [0.05, 0.1) is 29.5 Å². The SMILES string of the molecule is C[C@@H](CN(c1ccccc1)S(=O)(=O)Cc1ccccc1)N1CCC(NC(=O)Cc2ccc(C#N)cc2)CC1. The van der Waals surface area contributed by atoms with Gasteiger partial charge in [-0.1, -0.05) is 60.7 Å². The maximum Gasteiger partial charge on any atom is 0.239 e. The third-order valence-corrected chi connectivity index (χ3v) is 8.70. The lowest BCUT2D eigenvalue weighted by molar-refractivity contribution is -0.121. The molecular formula is C30H34N4O3S. The summed E-state index contributed by atoms with van der Waals surface area (Å²) in [7, 11) is -3.59. The van der Waals surface area contributed by atoms with Gasteiger partial charge in [-0.25, -0.2) is 8.42 Å². The summed E-state index contributed by atoms with van der Waals surface area (Å²) in [5.74, 6) is -0.0773. The van der Waals surface area contributed by atoms with Crippen molar-refractivity contribution in [2.45, 2.75) is 44.0 Å². The number of nitrogens with one attached hydrogen (secondary N) is 1. The first-order chi connectivity index (χ1) is 18.3. The molecule has 7 nitrogen and oxygen atoms in total. The van der Waals surface area contributed by atoms with Crippen LogP contribution in [0.4, 0.5) is 5.69 Å². The van der Waals surface area contributed by atoms with Crippen molar-refractivity contribution in [2.75, 3.05) is 23.9 Å². The van der Waals surface area contributed by atoms with Gasteiger partial charge in [-0.3, -0.25) is 14.0 Å². The number of anilines is 1. The molecule has 1 aliphatic rings. The minimum absolute atomic E-state index is 0.0102. The van der Waals surface area contributed by atoms with Crippen molar-refractivity contribution < 1.29 is 13.2 Å². The van der Waals surface area contributed by atoms with Crippen LogP contribution in [0.2, 0.25) is 0 Å². The molecule has 0 spiro atoms. The Bertz CT molecular complexity index is 1330. The lowest BCUT2D eigenvalue weighted by Gasteiger charge is -2.38. The Morgan fingerprint density at radius 2 is 1.58 bits per heavy atom. The second-order valence-electron chi connectivity index (χ2n) is 9.82. The molecule has 0 radical (unpaired) electrons. The fourth-order valence-electron chi connectivity index (χ4n) is 4.84. The fourth-order valence-corrected chi connectivity index (χ4v) is 6.49. The zero-order valence-electron chi connectivity index (χ0n) is 21.7. The first-order valence-electron chi connectivity index (χ1n) is 13.0. The molecule has 0 unspecified atom stereocenters. The molecule has 3 aromatic carbocycles. The number of sulfonamides is 1. The Hall–Kier alpha value is -3.67. The van der Waals surface area contributed by atoms with E-state index in [-0.39, 0.29) is 30.2 Å². The highest BCUT2D eigenvalue weighted by molar-refractivity contribution is 7.92. The molecule has 0 aliphatic carbocycles. The van der Waals surface area contributed by atoms with E-state index in [0.29, 0.717) is 17.8 Å². The van der Waals surface area contributed by atoms with Gasteiger partial charge in [-0.15, -0.1) is 0 Å². The highest BCUT2D eigenvalue weighted by Crippen LogP contribution is 2.23. The Balaban J connectivity index is 1.34. The summed E-state index contributed by atoms with van der Waals surface area (Å²) in [5.41, 5.74) is 2.89. The van der Waals surface area contributed by atoms with Crippen LogP contribution in [-0.4, -0.2) is 50.9 Å². The summed E-state index contributed by atoms with van der Waals surface area (Å²) >= 11 is 0. The van der Waals surface area contributed by atoms with E-state index >= 15 is 0 Å². The number of carbonyl (C=O) groups excluding carboxylic acids is 1. The van der Waals surface area contributed by atoms with Gasteiger partial charge in [-0.05, 0) is 55.2 Å². The van der Waals surface area contributed by atoms with Gasteiger partial charge in [0.2, 0.25) is 15.9 Å². The second-order valence-corrected chi connectivity index (χ2v) is 11.7. The molecule has 0 bridgehead atoms. The summed E-state index contributed by atoms with van der Waals surface area (Å²) < 4.78 is 28.6. The van der Waals surface area contributed by atoms with E-state index in [1.54, 1.807) is 12.1 Å². The summed E-state index contributed by atoms with van der Waals surface area (Å²) in [6.07, 6.45) is 1.91. The first-order valence-corrected chi connectivity index (χ1v) is 14.6. The van der Waals surface area contributed by atoms with Crippen molar-refractivity contribution in [3.63, 3.8) is 0 Å². The quantitative estimate of drug-likeness (QED) is 0.426.